The van der Waals surface area contributed by atoms with Crippen LogP contribution in [-0.4, -0.2) is 18.4 Å². The van der Waals surface area contributed by atoms with Gasteiger partial charge in [-0.05, 0) is 99.3 Å². The lowest BCUT2D eigenvalue weighted by Crippen LogP contribution is -2.57. The Bertz CT molecular complexity index is 647. The first kappa shape index (κ1) is 20.3. The van der Waals surface area contributed by atoms with Gasteiger partial charge in [-0.15, -0.1) is 0 Å². The topological polar surface area (TPSA) is 72.5 Å². The highest BCUT2D eigenvalue weighted by atomic mass is 16.3. The first-order valence-electron chi connectivity index (χ1n) is 11.7. The van der Waals surface area contributed by atoms with E-state index < -0.39 is 0 Å². The van der Waals surface area contributed by atoms with E-state index in [9.17, 15) is 9.70 Å². The lowest BCUT2D eigenvalue weighted by Gasteiger charge is -2.61. The Morgan fingerprint density at radius 1 is 1.11 bits per heavy atom. The number of hydrogen-bond acceptors (Lipinski definition) is 4. The van der Waals surface area contributed by atoms with Gasteiger partial charge in [0.05, 0.1) is 6.04 Å². The van der Waals surface area contributed by atoms with Gasteiger partial charge in [-0.3, -0.25) is 4.79 Å². The van der Waals surface area contributed by atoms with E-state index in [4.69, 9.17) is 5.73 Å². The molecule has 2 N–H and O–H groups in total. The van der Waals surface area contributed by atoms with Gasteiger partial charge in [0.1, 0.15) is 5.78 Å². The number of Topliss-reactive ketones (excluding diaryl/α,β-unsaturated/α-hetero) is 1. The van der Waals surface area contributed by atoms with Crippen LogP contribution in [0.15, 0.2) is 17.3 Å². The Balaban J connectivity index is 1.55. The molecule has 8 atom stereocenters. The predicted molar refractivity (Wildman–Crippen MR) is 113 cm³/mol. The SMILES string of the molecule is C[C@]12CC[C@@H](C=CCCCN)CC1C(N=O)C[C@@H]1[C@@H]2CC[C@]2(C)C(=O)CC[C@@H]12. The Morgan fingerprint density at radius 2 is 1.93 bits per heavy atom. The number of nitroso groups, excluding NO2 is 1. The number of carbonyl (C=O) groups excluding carboxylic acids is 1. The number of nitrogens with zero attached hydrogens (tertiary/aromatic N) is 1. The molecule has 4 rings (SSSR count). The lowest BCUT2D eigenvalue weighted by molar-refractivity contribution is -0.141. The van der Waals surface area contributed by atoms with Crippen molar-refractivity contribution in [1.29, 1.82) is 0 Å². The molecular weight excluding hydrogens is 348 g/mol. The summed E-state index contributed by atoms with van der Waals surface area (Å²) in [6.45, 7) is 5.42. The second kappa shape index (κ2) is 7.66. The van der Waals surface area contributed by atoms with Crippen molar-refractivity contribution in [3.63, 3.8) is 0 Å². The summed E-state index contributed by atoms with van der Waals surface area (Å²) in [6.07, 6.45) is 15.3. The molecule has 0 aromatic carbocycles. The smallest absolute Gasteiger partial charge is 0.139 e. The molecule has 0 aliphatic heterocycles. The van der Waals surface area contributed by atoms with Crippen molar-refractivity contribution in [3.8, 4) is 0 Å². The normalized spacial score (nSPS) is 48.2. The third kappa shape index (κ3) is 3.11. The molecule has 0 aromatic rings. The van der Waals surface area contributed by atoms with Crippen molar-refractivity contribution in [1.82, 2.24) is 0 Å². The van der Waals surface area contributed by atoms with E-state index in [1.165, 1.54) is 19.3 Å². The van der Waals surface area contributed by atoms with Crippen LogP contribution >= 0.6 is 0 Å². The minimum atomic E-state index is -0.124. The molecule has 4 saturated carbocycles. The Morgan fingerprint density at radius 3 is 2.68 bits per heavy atom. The average Bonchev–Trinajstić information content (AvgIpc) is 3.00. The molecule has 0 radical (unpaired) electrons. The van der Waals surface area contributed by atoms with Crippen LogP contribution < -0.4 is 5.73 Å². The maximum atomic E-state index is 12.6. The summed E-state index contributed by atoms with van der Waals surface area (Å²) in [6, 6.07) is -0.0652. The highest BCUT2D eigenvalue weighted by molar-refractivity contribution is 5.87. The summed E-state index contributed by atoms with van der Waals surface area (Å²) in [5, 5.41) is 3.69. The molecule has 0 spiro atoms. The maximum absolute atomic E-state index is 12.6. The van der Waals surface area contributed by atoms with E-state index in [-0.39, 0.29) is 16.9 Å². The number of carbonyl (C=O) groups is 1. The van der Waals surface area contributed by atoms with Crippen molar-refractivity contribution in [2.45, 2.75) is 84.1 Å². The maximum Gasteiger partial charge on any atom is 0.139 e. The first-order valence-corrected chi connectivity index (χ1v) is 11.7. The monoisotopic (exact) mass is 386 g/mol. The minimum absolute atomic E-state index is 0.0652. The van der Waals surface area contributed by atoms with E-state index in [0.29, 0.717) is 35.4 Å². The fourth-order valence-electron chi connectivity index (χ4n) is 7.92. The van der Waals surface area contributed by atoms with Gasteiger partial charge >= 0.3 is 0 Å². The average molecular weight is 387 g/mol. The number of hydrogen-bond donors (Lipinski definition) is 1. The van der Waals surface area contributed by atoms with Crippen LogP contribution in [0.25, 0.3) is 0 Å². The molecule has 0 heterocycles. The third-order valence-electron chi connectivity index (χ3n) is 9.55. The number of nitrogens with two attached hydrogens (primary N) is 1. The Kier molecular flexibility index (Phi) is 5.54. The van der Waals surface area contributed by atoms with Crippen LogP contribution in [-0.2, 0) is 4.79 Å². The lowest BCUT2D eigenvalue weighted by atomic mass is 9.43. The van der Waals surface area contributed by atoms with Crippen LogP contribution in [0.4, 0.5) is 0 Å². The molecule has 28 heavy (non-hydrogen) atoms. The molecule has 156 valence electrons. The van der Waals surface area contributed by atoms with Gasteiger partial charge in [0.25, 0.3) is 0 Å². The van der Waals surface area contributed by atoms with Gasteiger partial charge in [0.15, 0.2) is 0 Å². The minimum Gasteiger partial charge on any atom is -0.330 e. The molecule has 2 unspecified atom stereocenters. The molecule has 4 heteroatoms. The highest BCUT2D eigenvalue weighted by Gasteiger charge is 2.62. The van der Waals surface area contributed by atoms with Gasteiger partial charge in [-0.1, -0.05) is 31.2 Å². The molecular formula is C24H38N2O2. The van der Waals surface area contributed by atoms with Crippen molar-refractivity contribution in [3.05, 3.63) is 17.1 Å². The molecule has 4 aliphatic rings. The first-order chi connectivity index (χ1) is 13.4. The van der Waals surface area contributed by atoms with Crippen LogP contribution in [0.3, 0.4) is 0 Å². The fraction of sp³-hybridized carbons (Fsp3) is 0.875. The third-order valence-corrected chi connectivity index (χ3v) is 9.55. The van der Waals surface area contributed by atoms with Gasteiger partial charge < -0.3 is 5.73 Å². The zero-order chi connectivity index (χ0) is 19.9. The van der Waals surface area contributed by atoms with Crippen molar-refractivity contribution < 1.29 is 4.79 Å². The second-order valence-corrected chi connectivity index (χ2v) is 10.7. The zero-order valence-electron chi connectivity index (χ0n) is 17.7. The predicted octanol–water partition coefficient (Wildman–Crippen LogP) is 5.25. The molecule has 4 aliphatic carbocycles. The quantitative estimate of drug-likeness (QED) is 0.398. The zero-order valence-corrected chi connectivity index (χ0v) is 17.7. The number of ketones is 1. The van der Waals surface area contributed by atoms with Crippen molar-refractivity contribution in [2.24, 2.45) is 51.3 Å². The van der Waals surface area contributed by atoms with E-state index in [1.54, 1.807) is 0 Å². The number of fused-ring (bicyclic) bond motifs is 5. The van der Waals surface area contributed by atoms with E-state index in [2.05, 4.69) is 31.2 Å². The Hall–Kier alpha value is -1.03. The highest BCUT2D eigenvalue weighted by Crippen LogP contribution is 2.66. The van der Waals surface area contributed by atoms with Gasteiger partial charge in [-0.2, -0.15) is 4.91 Å². The fourth-order valence-corrected chi connectivity index (χ4v) is 7.92. The van der Waals surface area contributed by atoms with Crippen LogP contribution in [0.2, 0.25) is 0 Å². The molecule has 4 fully saturated rings. The molecule has 0 amide bonds. The van der Waals surface area contributed by atoms with Crippen LogP contribution in [0.1, 0.15) is 78.1 Å². The summed E-state index contributed by atoms with van der Waals surface area (Å²) >= 11 is 0. The number of rotatable bonds is 5. The van der Waals surface area contributed by atoms with E-state index in [1.807, 2.05) is 0 Å². The summed E-state index contributed by atoms with van der Waals surface area (Å²) in [7, 11) is 0. The summed E-state index contributed by atoms with van der Waals surface area (Å²) in [5.41, 5.74) is 5.70. The van der Waals surface area contributed by atoms with E-state index >= 15 is 0 Å². The second-order valence-electron chi connectivity index (χ2n) is 10.7. The van der Waals surface area contributed by atoms with Crippen LogP contribution in [0.5, 0.6) is 0 Å². The van der Waals surface area contributed by atoms with Gasteiger partial charge in [-0.25, -0.2) is 0 Å². The summed E-state index contributed by atoms with van der Waals surface area (Å²) < 4.78 is 0. The molecule has 0 aromatic heterocycles. The van der Waals surface area contributed by atoms with Crippen molar-refractivity contribution >= 4 is 5.78 Å². The molecule has 0 saturated heterocycles. The number of allylic oxidation sites excluding steroid dienone is 2. The van der Waals surface area contributed by atoms with Crippen molar-refractivity contribution in [2.75, 3.05) is 6.54 Å². The van der Waals surface area contributed by atoms with Gasteiger partial charge in [0, 0.05) is 11.8 Å². The summed E-state index contributed by atoms with van der Waals surface area (Å²) in [5.74, 6) is 3.14. The standard InChI is InChI=1S/C24H38N2O2/c1-23-11-9-16(6-4-3-5-13-25)14-20(23)21(26-28)15-17-18-7-8-22(27)24(18,2)12-10-19(17)23/h4,6,16-21H,3,5,7-15,25H2,1-2H3/t16-,17+,18+,19+,20?,21?,23-,24+/m1/s1. The molecule has 0 bridgehead atoms. The summed E-state index contributed by atoms with van der Waals surface area (Å²) in [4.78, 5) is 24.5. The van der Waals surface area contributed by atoms with E-state index in [0.717, 1.165) is 51.5 Å². The van der Waals surface area contributed by atoms with Crippen LogP contribution in [0, 0.1) is 45.3 Å². The van der Waals surface area contributed by atoms with Gasteiger partial charge in [0.2, 0.25) is 0 Å². The largest absolute Gasteiger partial charge is 0.330 e. The Labute approximate surface area is 170 Å². The molecule has 4 nitrogen and oxygen atoms in total. The number of unbranched alkanes of at least 4 members (excludes halogenated alkanes) is 1.